The fourth-order valence-electron chi connectivity index (χ4n) is 2.05. The predicted octanol–water partition coefficient (Wildman–Crippen LogP) is 3.01. The van der Waals surface area contributed by atoms with Crippen molar-refractivity contribution in [1.29, 1.82) is 0 Å². The molecular formula is C15H19ClN4O. The molecular weight excluding hydrogens is 288 g/mol. The summed E-state index contributed by atoms with van der Waals surface area (Å²) in [6.45, 7) is 5.88. The second-order valence-corrected chi connectivity index (χ2v) is 5.07. The Morgan fingerprint density at radius 3 is 2.71 bits per heavy atom. The van der Waals surface area contributed by atoms with Crippen molar-refractivity contribution >= 4 is 17.4 Å². The first-order chi connectivity index (χ1) is 10.1. The van der Waals surface area contributed by atoms with E-state index in [0.717, 1.165) is 23.8 Å². The highest BCUT2D eigenvalue weighted by atomic mass is 35.5. The van der Waals surface area contributed by atoms with Gasteiger partial charge in [-0.25, -0.2) is 9.97 Å². The summed E-state index contributed by atoms with van der Waals surface area (Å²) in [6, 6.07) is 7.77. The van der Waals surface area contributed by atoms with Crippen LogP contribution in [0.5, 0.6) is 0 Å². The minimum Gasteiger partial charge on any atom is -0.377 e. The number of halogens is 1. The zero-order valence-corrected chi connectivity index (χ0v) is 13.3. The molecule has 0 aliphatic rings. The second-order valence-electron chi connectivity index (χ2n) is 4.68. The van der Waals surface area contributed by atoms with Crippen LogP contribution in [0.4, 0.5) is 5.82 Å². The van der Waals surface area contributed by atoms with E-state index >= 15 is 0 Å². The van der Waals surface area contributed by atoms with E-state index in [4.69, 9.17) is 16.3 Å². The van der Waals surface area contributed by atoms with Crippen LogP contribution in [0.1, 0.15) is 24.1 Å². The molecule has 0 unspecified atom stereocenters. The van der Waals surface area contributed by atoms with Gasteiger partial charge in [-0.1, -0.05) is 17.7 Å². The topological polar surface area (TPSA) is 51.1 Å². The maximum atomic E-state index is 6.07. The molecule has 2 heterocycles. The van der Waals surface area contributed by atoms with E-state index in [2.05, 4.69) is 26.8 Å². The summed E-state index contributed by atoms with van der Waals surface area (Å²) in [5.74, 6) is 1.36. The maximum absolute atomic E-state index is 6.07. The van der Waals surface area contributed by atoms with Crippen molar-refractivity contribution in [3.8, 4) is 0 Å². The van der Waals surface area contributed by atoms with Crippen LogP contribution in [0.15, 0.2) is 24.3 Å². The van der Waals surface area contributed by atoms with Gasteiger partial charge >= 0.3 is 0 Å². The van der Waals surface area contributed by atoms with Gasteiger partial charge in [0, 0.05) is 25.4 Å². The fourth-order valence-corrected chi connectivity index (χ4v) is 2.24. The first kappa shape index (κ1) is 15.7. The molecule has 0 saturated carbocycles. The van der Waals surface area contributed by atoms with Crippen molar-refractivity contribution in [3.05, 3.63) is 46.6 Å². The molecule has 2 rings (SSSR count). The van der Waals surface area contributed by atoms with Crippen LogP contribution in [0.2, 0.25) is 5.15 Å². The zero-order chi connectivity index (χ0) is 15.2. The van der Waals surface area contributed by atoms with Crippen molar-refractivity contribution in [2.45, 2.75) is 27.0 Å². The lowest BCUT2D eigenvalue weighted by Gasteiger charge is -2.22. The SMILES string of the molecule is CCN(Cc1cccc(C)n1)c1cc(Cl)nc(COC)n1. The van der Waals surface area contributed by atoms with Gasteiger partial charge in [-0.05, 0) is 26.0 Å². The highest BCUT2D eigenvalue weighted by Gasteiger charge is 2.11. The van der Waals surface area contributed by atoms with E-state index in [1.807, 2.05) is 25.1 Å². The molecule has 0 atom stereocenters. The Labute approximate surface area is 130 Å². The Bertz CT molecular complexity index is 606. The lowest BCUT2D eigenvalue weighted by atomic mass is 10.3. The van der Waals surface area contributed by atoms with Gasteiger partial charge in [0.25, 0.3) is 0 Å². The molecule has 0 radical (unpaired) electrons. The van der Waals surface area contributed by atoms with Crippen molar-refractivity contribution in [2.24, 2.45) is 0 Å². The summed E-state index contributed by atoms with van der Waals surface area (Å²) in [6.07, 6.45) is 0. The number of nitrogens with zero attached hydrogens (tertiary/aromatic N) is 4. The average molecular weight is 307 g/mol. The third-order valence-electron chi connectivity index (χ3n) is 3.01. The Kier molecular flexibility index (Phi) is 5.47. The van der Waals surface area contributed by atoms with Crippen LogP contribution < -0.4 is 4.90 Å². The van der Waals surface area contributed by atoms with E-state index in [1.54, 1.807) is 13.2 Å². The van der Waals surface area contributed by atoms with Gasteiger partial charge in [0.1, 0.15) is 17.6 Å². The number of anilines is 1. The third-order valence-corrected chi connectivity index (χ3v) is 3.20. The quantitative estimate of drug-likeness (QED) is 0.768. The summed E-state index contributed by atoms with van der Waals surface area (Å²) < 4.78 is 5.07. The molecule has 112 valence electrons. The molecule has 0 fully saturated rings. The van der Waals surface area contributed by atoms with Crippen LogP contribution in [0.3, 0.4) is 0 Å². The van der Waals surface area contributed by atoms with Crippen molar-refractivity contribution in [3.63, 3.8) is 0 Å². The summed E-state index contributed by atoms with van der Waals surface area (Å²) in [5, 5.41) is 0.419. The largest absolute Gasteiger partial charge is 0.377 e. The van der Waals surface area contributed by atoms with E-state index in [0.29, 0.717) is 24.1 Å². The van der Waals surface area contributed by atoms with Gasteiger partial charge in [-0.15, -0.1) is 0 Å². The Morgan fingerprint density at radius 1 is 1.24 bits per heavy atom. The Hall–Kier alpha value is -1.72. The zero-order valence-electron chi connectivity index (χ0n) is 12.5. The van der Waals surface area contributed by atoms with Gasteiger partial charge < -0.3 is 9.64 Å². The van der Waals surface area contributed by atoms with Crippen molar-refractivity contribution in [1.82, 2.24) is 15.0 Å². The number of aryl methyl sites for hydroxylation is 1. The number of rotatable bonds is 6. The van der Waals surface area contributed by atoms with Crippen LogP contribution in [-0.2, 0) is 17.9 Å². The molecule has 0 bridgehead atoms. The molecule has 0 amide bonds. The molecule has 2 aromatic rings. The standard InChI is InChI=1S/C15H19ClN4O/c1-4-20(9-12-7-5-6-11(2)17-12)15-8-13(16)18-14(19-15)10-21-3/h5-8H,4,9-10H2,1-3H3. The fraction of sp³-hybridized carbons (Fsp3) is 0.400. The molecule has 5 nitrogen and oxygen atoms in total. The lowest BCUT2D eigenvalue weighted by molar-refractivity contribution is 0.178. The molecule has 21 heavy (non-hydrogen) atoms. The molecule has 0 saturated heterocycles. The van der Waals surface area contributed by atoms with E-state index in [-0.39, 0.29) is 0 Å². The van der Waals surface area contributed by atoms with Gasteiger partial charge in [0.05, 0.1) is 12.2 Å². The highest BCUT2D eigenvalue weighted by Crippen LogP contribution is 2.18. The van der Waals surface area contributed by atoms with Crippen LogP contribution in [-0.4, -0.2) is 28.6 Å². The monoisotopic (exact) mass is 306 g/mol. The maximum Gasteiger partial charge on any atom is 0.158 e. The van der Waals surface area contributed by atoms with E-state index < -0.39 is 0 Å². The van der Waals surface area contributed by atoms with Crippen LogP contribution in [0.25, 0.3) is 0 Å². The Balaban J connectivity index is 2.24. The molecule has 0 spiro atoms. The van der Waals surface area contributed by atoms with Crippen molar-refractivity contribution in [2.75, 3.05) is 18.6 Å². The molecule has 0 aliphatic carbocycles. The summed E-state index contributed by atoms with van der Waals surface area (Å²) >= 11 is 6.07. The number of methoxy groups -OCH3 is 1. The van der Waals surface area contributed by atoms with Gasteiger partial charge in [0.2, 0.25) is 0 Å². The Morgan fingerprint density at radius 2 is 2.05 bits per heavy atom. The molecule has 0 aromatic carbocycles. The number of hydrogen-bond acceptors (Lipinski definition) is 5. The van der Waals surface area contributed by atoms with Gasteiger partial charge in [0.15, 0.2) is 5.82 Å². The molecule has 2 aromatic heterocycles. The number of ether oxygens (including phenoxy) is 1. The number of hydrogen-bond donors (Lipinski definition) is 0. The van der Waals surface area contributed by atoms with Crippen molar-refractivity contribution < 1.29 is 4.74 Å². The normalized spacial score (nSPS) is 10.7. The second kappa shape index (κ2) is 7.33. The molecule has 0 N–H and O–H groups in total. The molecule has 0 aliphatic heterocycles. The first-order valence-electron chi connectivity index (χ1n) is 6.82. The van der Waals surface area contributed by atoms with Crippen LogP contribution in [0, 0.1) is 6.92 Å². The van der Waals surface area contributed by atoms with E-state index in [9.17, 15) is 0 Å². The summed E-state index contributed by atoms with van der Waals surface area (Å²) in [4.78, 5) is 15.3. The minimum absolute atomic E-state index is 0.341. The molecule has 6 heteroatoms. The smallest absolute Gasteiger partial charge is 0.158 e. The minimum atomic E-state index is 0.341. The average Bonchev–Trinajstić information content (AvgIpc) is 2.44. The third kappa shape index (κ3) is 4.37. The highest BCUT2D eigenvalue weighted by molar-refractivity contribution is 6.29. The number of pyridine rings is 1. The summed E-state index contributed by atoms with van der Waals surface area (Å²) in [5.41, 5.74) is 2.00. The van der Waals surface area contributed by atoms with Gasteiger partial charge in [-0.2, -0.15) is 0 Å². The van der Waals surface area contributed by atoms with E-state index in [1.165, 1.54) is 0 Å². The first-order valence-corrected chi connectivity index (χ1v) is 7.20. The van der Waals surface area contributed by atoms with Crippen LogP contribution >= 0.6 is 11.6 Å². The predicted molar refractivity (Wildman–Crippen MR) is 83.5 cm³/mol. The number of aromatic nitrogens is 3. The summed E-state index contributed by atoms with van der Waals surface area (Å²) in [7, 11) is 1.61. The van der Waals surface area contributed by atoms with Gasteiger partial charge in [-0.3, -0.25) is 4.98 Å². The lowest BCUT2D eigenvalue weighted by Crippen LogP contribution is -2.24.